The lowest BCUT2D eigenvalue weighted by Gasteiger charge is -2.21. The molecule has 0 unspecified atom stereocenters. The van der Waals surface area contributed by atoms with E-state index < -0.39 is 54.0 Å². The van der Waals surface area contributed by atoms with Crippen LogP contribution in [0.15, 0.2) is 30.3 Å². The van der Waals surface area contributed by atoms with Gasteiger partial charge in [-0.1, -0.05) is 30.3 Å². The molecule has 2 atom stereocenters. The Labute approximate surface area is 191 Å². The van der Waals surface area contributed by atoms with Crippen LogP contribution in [-0.2, 0) is 49.6 Å². The van der Waals surface area contributed by atoms with Crippen molar-refractivity contribution in [2.24, 2.45) is 0 Å². The van der Waals surface area contributed by atoms with Crippen molar-refractivity contribution in [1.82, 2.24) is 10.6 Å². The number of methoxy groups -OCH3 is 2. The van der Waals surface area contributed by atoms with Crippen LogP contribution in [0, 0.1) is 0 Å². The minimum absolute atomic E-state index is 0.00685. The third kappa shape index (κ3) is 10.4. The van der Waals surface area contributed by atoms with Crippen LogP contribution >= 0.6 is 0 Å². The van der Waals surface area contributed by atoms with Gasteiger partial charge in [0.05, 0.1) is 20.6 Å². The minimum Gasteiger partial charge on any atom is -0.467 e. The molecule has 2 N–H and O–H groups in total. The fourth-order valence-electron chi connectivity index (χ4n) is 2.76. The molecule has 0 radical (unpaired) electrons. The second-order valence-electron chi connectivity index (χ2n) is 6.99. The predicted octanol–water partition coefficient (Wildman–Crippen LogP) is 0.195. The van der Waals surface area contributed by atoms with E-state index in [-0.39, 0.29) is 25.9 Å². The summed E-state index contributed by atoms with van der Waals surface area (Å²) in [6.07, 6.45) is -0.603. The molecule has 0 fully saturated rings. The summed E-state index contributed by atoms with van der Waals surface area (Å²) in [5.41, 5.74) is 0.749. The molecule has 1 aromatic rings. The Morgan fingerprint density at radius 3 is 2.15 bits per heavy atom. The summed E-state index contributed by atoms with van der Waals surface area (Å²) >= 11 is 0. The largest absolute Gasteiger partial charge is 0.467 e. The summed E-state index contributed by atoms with van der Waals surface area (Å²) in [5, 5.41) is 4.75. The van der Waals surface area contributed by atoms with Crippen LogP contribution in [-0.4, -0.2) is 61.8 Å². The van der Waals surface area contributed by atoms with E-state index >= 15 is 0 Å². The lowest BCUT2D eigenvalue weighted by atomic mass is 10.1. The highest BCUT2D eigenvalue weighted by atomic mass is 16.5. The predicted molar refractivity (Wildman–Crippen MR) is 113 cm³/mol. The first-order chi connectivity index (χ1) is 15.7. The maximum Gasteiger partial charge on any atom is 0.374 e. The van der Waals surface area contributed by atoms with Gasteiger partial charge in [-0.05, 0) is 18.4 Å². The molecule has 0 aliphatic rings. The zero-order chi connectivity index (χ0) is 24.8. The van der Waals surface area contributed by atoms with Gasteiger partial charge in [-0.15, -0.1) is 0 Å². The fourth-order valence-corrected chi connectivity index (χ4v) is 2.76. The van der Waals surface area contributed by atoms with E-state index in [1.807, 2.05) is 6.07 Å². The number of ketones is 1. The Morgan fingerprint density at radius 2 is 1.58 bits per heavy atom. The van der Waals surface area contributed by atoms with Gasteiger partial charge < -0.3 is 24.8 Å². The highest BCUT2D eigenvalue weighted by Gasteiger charge is 2.29. The summed E-state index contributed by atoms with van der Waals surface area (Å²) in [6.45, 7) is 1.17. The number of carbonyl (C=O) groups excluding carboxylic acids is 6. The number of ether oxygens (including phenoxy) is 3. The molecular formula is C22H28N2O9. The molecule has 180 valence electrons. The van der Waals surface area contributed by atoms with E-state index in [2.05, 4.69) is 20.1 Å². The number of hydrogen-bond acceptors (Lipinski definition) is 9. The fraction of sp³-hybridized carbons (Fsp3) is 0.455. The maximum absolute atomic E-state index is 12.7. The van der Waals surface area contributed by atoms with Crippen LogP contribution in [0.4, 0.5) is 0 Å². The molecular weight excluding hydrogens is 436 g/mol. The molecule has 33 heavy (non-hydrogen) atoms. The van der Waals surface area contributed by atoms with Crippen LogP contribution in [0.2, 0.25) is 0 Å². The summed E-state index contributed by atoms with van der Waals surface area (Å²) in [6, 6.07) is 6.43. The van der Waals surface area contributed by atoms with Crippen molar-refractivity contribution in [3.63, 3.8) is 0 Å². The first-order valence-corrected chi connectivity index (χ1v) is 10.1. The Morgan fingerprint density at radius 1 is 0.909 bits per heavy atom. The first-order valence-electron chi connectivity index (χ1n) is 10.1. The number of esters is 3. The third-order valence-electron chi connectivity index (χ3n) is 4.42. The molecule has 1 aromatic carbocycles. The zero-order valence-corrected chi connectivity index (χ0v) is 18.8. The van der Waals surface area contributed by atoms with E-state index in [9.17, 15) is 28.8 Å². The van der Waals surface area contributed by atoms with Crippen LogP contribution in [0.1, 0.15) is 38.2 Å². The maximum atomic E-state index is 12.7. The SMILES string of the molecule is COC(=O)C(=O)CCC[C@H](NC(=O)[C@H](CC(=O)OCc1ccccc1)NC(C)=O)C(=O)OC. The summed E-state index contributed by atoms with van der Waals surface area (Å²) in [5.74, 6) is -4.67. The Kier molecular flexibility index (Phi) is 11.8. The van der Waals surface area contributed by atoms with Crippen LogP contribution < -0.4 is 10.6 Å². The number of benzene rings is 1. The molecule has 0 saturated heterocycles. The molecule has 0 bridgehead atoms. The molecule has 0 aromatic heterocycles. The summed E-state index contributed by atoms with van der Waals surface area (Å²) in [4.78, 5) is 71.2. The van der Waals surface area contributed by atoms with Crippen molar-refractivity contribution >= 4 is 35.5 Å². The Hall–Kier alpha value is -3.76. The van der Waals surface area contributed by atoms with Crippen molar-refractivity contribution in [3.05, 3.63) is 35.9 Å². The number of amides is 2. The van der Waals surface area contributed by atoms with Gasteiger partial charge in [-0.3, -0.25) is 19.2 Å². The highest BCUT2D eigenvalue weighted by molar-refractivity contribution is 6.33. The summed E-state index contributed by atoms with van der Waals surface area (Å²) in [7, 11) is 2.19. The molecule has 2 amide bonds. The minimum atomic E-state index is -1.30. The highest BCUT2D eigenvalue weighted by Crippen LogP contribution is 2.07. The van der Waals surface area contributed by atoms with Crippen molar-refractivity contribution in [1.29, 1.82) is 0 Å². The molecule has 0 saturated carbocycles. The van der Waals surface area contributed by atoms with Crippen LogP contribution in [0.25, 0.3) is 0 Å². The van der Waals surface area contributed by atoms with Gasteiger partial charge in [-0.25, -0.2) is 9.59 Å². The average Bonchev–Trinajstić information content (AvgIpc) is 2.80. The lowest BCUT2D eigenvalue weighted by molar-refractivity contribution is -0.151. The smallest absolute Gasteiger partial charge is 0.374 e. The molecule has 11 heteroatoms. The van der Waals surface area contributed by atoms with E-state index in [1.54, 1.807) is 24.3 Å². The van der Waals surface area contributed by atoms with E-state index in [1.165, 1.54) is 6.92 Å². The van der Waals surface area contributed by atoms with Crippen molar-refractivity contribution in [2.75, 3.05) is 14.2 Å². The number of hydrogen-bond donors (Lipinski definition) is 2. The van der Waals surface area contributed by atoms with Gasteiger partial charge in [0.2, 0.25) is 17.6 Å². The van der Waals surface area contributed by atoms with Crippen LogP contribution in [0.5, 0.6) is 0 Å². The van der Waals surface area contributed by atoms with Gasteiger partial charge >= 0.3 is 17.9 Å². The normalized spacial score (nSPS) is 12.0. The molecule has 0 spiro atoms. The third-order valence-corrected chi connectivity index (χ3v) is 4.42. The van der Waals surface area contributed by atoms with Crippen LogP contribution in [0.3, 0.4) is 0 Å². The van der Waals surface area contributed by atoms with Crippen molar-refractivity contribution in [2.45, 2.75) is 51.3 Å². The first kappa shape index (κ1) is 27.3. The van der Waals surface area contributed by atoms with Gasteiger partial charge in [0, 0.05) is 13.3 Å². The molecule has 1 rings (SSSR count). The van der Waals surface area contributed by atoms with Crippen molar-refractivity contribution in [3.8, 4) is 0 Å². The van der Waals surface area contributed by atoms with E-state index in [4.69, 9.17) is 4.74 Å². The number of rotatable bonds is 13. The second kappa shape index (κ2) is 14.3. The number of Topliss-reactive ketones (excluding diaryl/α,β-unsaturated/α-hetero) is 1. The molecule has 0 aliphatic heterocycles. The molecule has 0 aliphatic carbocycles. The van der Waals surface area contributed by atoms with E-state index in [0.29, 0.717) is 0 Å². The molecule has 11 nitrogen and oxygen atoms in total. The standard InChI is InChI=1S/C22H28N2O9/c1-14(25)23-17(12-19(27)33-13-15-8-5-4-6-9-15)20(28)24-16(21(29)31-2)10-7-11-18(26)22(30)32-3/h4-6,8-9,16-17H,7,10-13H2,1-3H3,(H,23,25)(H,24,28)/t16-,17-/m0/s1. The van der Waals surface area contributed by atoms with Gasteiger partial charge in [0.1, 0.15) is 18.7 Å². The van der Waals surface area contributed by atoms with Gasteiger partial charge in [0.25, 0.3) is 0 Å². The Balaban J connectivity index is 2.73. The van der Waals surface area contributed by atoms with E-state index in [0.717, 1.165) is 19.8 Å². The summed E-state index contributed by atoms with van der Waals surface area (Å²) < 4.78 is 14.1. The zero-order valence-electron chi connectivity index (χ0n) is 18.8. The topological polar surface area (TPSA) is 154 Å². The number of carbonyl (C=O) groups is 6. The quantitative estimate of drug-likeness (QED) is 0.237. The number of nitrogens with one attached hydrogen (secondary N) is 2. The Bertz CT molecular complexity index is 855. The van der Waals surface area contributed by atoms with Crippen molar-refractivity contribution < 1.29 is 43.0 Å². The van der Waals surface area contributed by atoms with Gasteiger partial charge in [-0.2, -0.15) is 0 Å². The monoisotopic (exact) mass is 464 g/mol. The lowest BCUT2D eigenvalue weighted by Crippen LogP contribution is -2.52. The average molecular weight is 464 g/mol. The second-order valence-corrected chi connectivity index (χ2v) is 6.99. The molecule has 0 heterocycles. The van der Waals surface area contributed by atoms with Gasteiger partial charge in [0.15, 0.2) is 0 Å².